The molecule has 1 N–H and O–H groups in total. The van der Waals surface area contributed by atoms with E-state index in [1.165, 1.54) is 10.4 Å². The van der Waals surface area contributed by atoms with Crippen LogP contribution >= 0.6 is 27.3 Å². The number of rotatable bonds is 7. The molecule has 0 saturated heterocycles. The third kappa shape index (κ3) is 4.54. The highest BCUT2D eigenvalue weighted by Crippen LogP contribution is 2.25. The number of thiophene rings is 1. The molecule has 0 bridgehead atoms. The highest BCUT2D eigenvalue weighted by atomic mass is 79.9. The van der Waals surface area contributed by atoms with E-state index in [9.17, 15) is 0 Å². The van der Waals surface area contributed by atoms with Gasteiger partial charge in [-0.3, -0.25) is 0 Å². The van der Waals surface area contributed by atoms with Crippen LogP contribution in [0.3, 0.4) is 0 Å². The lowest BCUT2D eigenvalue weighted by molar-refractivity contribution is 0.181. The van der Waals surface area contributed by atoms with E-state index >= 15 is 0 Å². The summed E-state index contributed by atoms with van der Waals surface area (Å²) in [5.41, 5.74) is 2.31. The molecule has 5 heteroatoms. The average molecular weight is 370 g/mol. The summed E-state index contributed by atoms with van der Waals surface area (Å²) in [5.74, 6) is 0.870. The summed E-state index contributed by atoms with van der Waals surface area (Å²) in [6.45, 7) is 3.59. The largest absolute Gasteiger partial charge is 0.496 e. The summed E-state index contributed by atoms with van der Waals surface area (Å²) < 4.78 is 11.7. The maximum Gasteiger partial charge on any atom is 0.124 e. The van der Waals surface area contributed by atoms with Gasteiger partial charge in [0.15, 0.2) is 0 Å². The van der Waals surface area contributed by atoms with Crippen LogP contribution in [0.1, 0.15) is 29.0 Å². The van der Waals surface area contributed by atoms with Gasteiger partial charge in [0.2, 0.25) is 0 Å². The standard InChI is InChI=1S/C16H20BrNO2S/c1-11(18-8-15-7-14(17)10-21-15)12-4-5-16(20-3)13(6-12)9-19-2/h4-7,10-11,18H,8-9H2,1-3H3. The third-order valence-electron chi connectivity index (χ3n) is 3.31. The van der Waals surface area contributed by atoms with Crippen molar-refractivity contribution < 1.29 is 9.47 Å². The Labute approximate surface area is 138 Å². The molecule has 1 unspecified atom stereocenters. The molecule has 0 spiro atoms. The number of hydrogen-bond acceptors (Lipinski definition) is 4. The highest BCUT2D eigenvalue weighted by molar-refractivity contribution is 9.10. The van der Waals surface area contributed by atoms with Crippen molar-refractivity contribution in [1.29, 1.82) is 0 Å². The Morgan fingerprint density at radius 3 is 2.71 bits per heavy atom. The van der Waals surface area contributed by atoms with Crippen molar-refractivity contribution in [3.05, 3.63) is 50.1 Å². The van der Waals surface area contributed by atoms with E-state index in [2.05, 4.69) is 51.7 Å². The van der Waals surface area contributed by atoms with Gasteiger partial charge in [0.25, 0.3) is 0 Å². The zero-order valence-corrected chi connectivity index (χ0v) is 14.9. The van der Waals surface area contributed by atoms with E-state index < -0.39 is 0 Å². The van der Waals surface area contributed by atoms with Crippen LogP contribution in [0.5, 0.6) is 5.75 Å². The van der Waals surface area contributed by atoms with Crippen molar-refractivity contribution in [2.75, 3.05) is 14.2 Å². The maximum atomic E-state index is 5.36. The molecular weight excluding hydrogens is 350 g/mol. The molecule has 0 amide bonds. The molecule has 0 aliphatic rings. The van der Waals surface area contributed by atoms with Gasteiger partial charge in [-0.05, 0) is 46.6 Å². The van der Waals surface area contributed by atoms with Gasteiger partial charge in [0.05, 0.1) is 13.7 Å². The van der Waals surface area contributed by atoms with Gasteiger partial charge in [0, 0.05) is 40.0 Å². The second kappa shape index (κ2) is 7.94. The first-order valence-electron chi connectivity index (χ1n) is 6.76. The van der Waals surface area contributed by atoms with Crippen LogP contribution in [0.4, 0.5) is 0 Å². The Bertz CT molecular complexity index is 585. The van der Waals surface area contributed by atoms with Crippen LogP contribution in [0, 0.1) is 0 Å². The Morgan fingerprint density at radius 1 is 1.29 bits per heavy atom. The molecule has 2 rings (SSSR count). The molecule has 0 aliphatic carbocycles. The zero-order chi connectivity index (χ0) is 15.2. The maximum absolute atomic E-state index is 5.36. The molecule has 0 saturated carbocycles. The fourth-order valence-electron chi connectivity index (χ4n) is 2.15. The van der Waals surface area contributed by atoms with Gasteiger partial charge >= 0.3 is 0 Å². The molecular formula is C16H20BrNO2S. The molecule has 0 fully saturated rings. The number of halogens is 1. The van der Waals surface area contributed by atoms with Crippen LogP contribution in [-0.2, 0) is 17.9 Å². The van der Waals surface area contributed by atoms with Crippen molar-refractivity contribution in [1.82, 2.24) is 5.32 Å². The van der Waals surface area contributed by atoms with Crippen molar-refractivity contribution in [3.63, 3.8) is 0 Å². The van der Waals surface area contributed by atoms with Crippen molar-refractivity contribution in [2.45, 2.75) is 26.1 Å². The van der Waals surface area contributed by atoms with Crippen LogP contribution in [0.15, 0.2) is 34.1 Å². The quantitative estimate of drug-likeness (QED) is 0.778. The topological polar surface area (TPSA) is 30.5 Å². The van der Waals surface area contributed by atoms with E-state index in [4.69, 9.17) is 9.47 Å². The van der Waals surface area contributed by atoms with Crippen LogP contribution in [0.2, 0.25) is 0 Å². The van der Waals surface area contributed by atoms with E-state index in [0.29, 0.717) is 6.61 Å². The summed E-state index contributed by atoms with van der Waals surface area (Å²) in [5, 5.41) is 5.65. The average Bonchev–Trinajstić information content (AvgIpc) is 2.90. The Balaban J connectivity index is 2.04. The first kappa shape index (κ1) is 16.5. The van der Waals surface area contributed by atoms with Gasteiger partial charge in [-0.2, -0.15) is 0 Å². The van der Waals surface area contributed by atoms with E-state index in [0.717, 1.165) is 22.3 Å². The van der Waals surface area contributed by atoms with Crippen LogP contribution in [0.25, 0.3) is 0 Å². The number of nitrogens with one attached hydrogen (secondary N) is 1. The van der Waals surface area contributed by atoms with E-state index in [-0.39, 0.29) is 6.04 Å². The lowest BCUT2D eigenvalue weighted by Crippen LogP contribution is -2.17. The second-order valence-electron chi connectivity index (χ2n) is 4.84. The molecule has 1 atom stereocenters. The molecule has 0 aliphatic heterocycles. The predicted octanol–water partition coefficient (Wildman–Crippen LogP) is 4.52. The lowest BCUT2D eigenvalue weighted by atomic mass is 10.0. The third-order valence-corrected chi connectivity index (χ3v) is 5.01. The molecule has 0 radical (unpaired) electrons. The minimum Gasteiger partial charge on any atom is -0.496 e. The minimum atomic E-state index is 0.271. The first-order chi connectivity index (χ1) is 10.1. The van der Waals surface area contributed by atoms with Gasteiger partial charge in [-0.1, -0.05) is 6.07 Å². The van der Waals surface area contributed by atoms with Gasteiger partial charge in [0.1, 0.15) is 5.75 Å². The summed E-state index contributed by atoms with van der Waals surface area (Å²) in [4.78, 5) is 1.32. The SMILES string of the molecule is COCc1cc(C(C)NCc2cc(Br)cs2)ccc1OC. The molecule has 21 heavy (non-hydrogen) atoms. The molecule has 114 valence electrons. The minimum absolute atomic E-state index is 0.271. The van der Waals surface area contributed by atoms with Crippen molar-refractivity contribution in [2.24, 2.45) is 0 Å². The lowest BCUT2D eigenvalue weighted by Gasteiger charge is -2.16. The Kier molecular flexibility index (Phi) is 6.23. The molecule has 3 nitrogen and oxygen atoms in total. The smallest absolute Gasteiger partial charge is 0.124 e. The van der Waals surface area contributed by atoms with E-state index in [1.807, 2.05) is 6.07 Å². The zero-order valence-electron chi connectivity index (χ0n) is 12.5. The number of methoxy groups -OCH3 is 2. The number of hydrogen-bond donors (Lipinski definition) is 1. The van der Waals surface area contributed by atoms with Gasteiger partial charge in [-0.15, -0.1) is 11.3 Å². The summed E-state index contributed by atoms with van der Waals surface area (Å²) in [6, 6.07) is 8.66. The summed E-state index contributed by atoms with van der Waals surface area (Å²) in [7, 11) is 3.38. The Hall–Kier alpha value is -0.880. The van der Waals surface area contributed by atoms with Crippen molar-refractivity contribution >= 4 is 27.3 Å². The van der Waals surface area contributed by atoms with Crippen LogP contribution in [-0.4, -0.2) is 14.2 Å². The number of ether oxygens (including phenoxy) is 2. The molecule has 2 aromatic rings. The predicted molar refractivity (Wildman–Crippen MR) is 91.0 cm³/mol. The first-order valence-corrected chi connectivity index (χ1v) is 8.43. The van der Waals surface area contributed by atoms with Crippen LogP contribution < -0.4 is 10.1 Å². The fraction of sp³-hybridized carbons (Fsp3) is 0.375. The Morgan fingerprint density at radius 2 is 2.10 bits per heavy atom. The molecule has 1 heterocycles. The summed E-state index contributed by atoms with van der Waals surface area (Å²) in [6.07, 6.45) is 0. The van der Waals surface area contributed by atoms with Gasteiger partial charge in [-0.25, -0.2) is 0 Å². The molecule has 1 aromatic carbocycles. The summed E-state index contributed by atoms with van der Waals surface area (Å²) >= 11 is 5.24. The van der Waals surface area contributed by atoms with E-state index in [1.54, 1.807) is 25.6 Å². The molecule has 1 aromatic heterocycles. The highest BCUT2D eigenvalue weighted by Gasteiger charge is 2.10. The van der Waals surface area contributed by atoms with Crippen molar-refractivity contribution in [3.8, 4) is 5.75 Å². The number of benzene rings is 1. The fourth-order valence-corrected chi connectivity index (χ4v) is 3.56. The monoisotopic (exact) mass is 369 g/mol. The normalized spacial score (nSPS) is 12.4. The van der Waals surface area contributed by atoms with Gasteiger partial charge < -0.3 is 14.8 Å². The second-order valence-corrected chi connectivity index (χ2v) is 6.75.